The fraction of sp³-hybridized carbons (Fsp3) is 0.929. The van der Waals surface area contributed by atoms with Gasteiger partial charge in [0.25, 0.3) is 0 Å². The van der Waals surface area contributed by atoms with E-state index in [0.29, 0.717) is 18.4 Å². The van der Waals surface area contributed by atoms with Crippen molar-refractivity contribution >= 4 is 5.97 Å². The lowest BCUT2D eigenvalue weighted by Crippen LogP contribution is -2.38. The fourth-order valence-electron chi connectivity index (χ4n) is 2.83. The van der Waals surface area contributed by atoms with Gasteiger partial charge in [-0.25, -0.2) is 0 Å². The second-order valence-electron chi connectivity index (χ2n) is 6.04. The predicted molar refractivity (Wildman–Crippen MR) is 70.0 cm³/mol. The monoisotopic (exact) mass is 241 g/mol. The Kier molecular flexibility index (Phi) is 5.44. The van der Waals surface area contributed by atoms with E-state index in [2.05, 4.69) is 19.2 Å². The summed E-state index contributed by atoms with van der Waals surface area (Å²) in [5.74, 6) is -0.118. The van der Waals surface area contributed by atoms with Gasteiger partial charge < -0.3 is 10.4 Å². The van der Waals surface area contributed by atoms with Crippen LogP contribution in [0.15, 0.2) is 0 Å². The summed E-state index contributed by atoms with van der Waals surface area (Å²) in [6, 6.07) is 0. The van der Waals surface area contributed by atoms with Gasteiger partial charge in [-0.1, -0.05) is 33.6 Å². The van der Waals surface area contributed by atoms with Gasteiger partial charge in [0.15, 0.2) is 0 Å². The second-order valence-corrected chi connectivity index (χ2v) is 6.04. The Hall–Kier alpha value is -0.570. The maximum atomic E-state index is 10.9. The van der Waals surface area contributed by atoms with E-state index >= 15 is 0 Å². The van der Waals surface area contributed by atoms with E-state index in [9.17, 15) is 4.79 Å². The zero-order chi connectivity index (χ0) is 12.9. The number of carboxylic acid groups (broad SMARTS) is 1. The Morgan fingerprint density at radius 1 is 1.41 bits per heavy atom. The number of nitrogens with one attached hydrogen (secondary N) is 1. The fourth-order valence-corrected chi connectivity index (χ4v) is 2.83. The highest BCUT2D eigenvalue weighted by Crippen LogP contribution is 2.38. The zero-order valence-corrected chi connectivity index (χ0v) is 11.5. The minimum atomic E-state index is -0.682. The second kappa shape index (κ2) is 6.39. The molecule has 1 rings (SSSR count). The SMILES string of the molecule is CCC(CNCC(C)(C)C1CCCC1)C(=O)O. The molecule has 0 saturated heterocycles. The summed E-state index contributed by atoms with van der Waals surface area (Å²) in [5, 5.41) is 12.3. The lowest BCUT2D eigenvalue weighted by Gasteiger charge is -2.32. The number of aliphatic carboxylic acids is 1. The van der Waals surface area contributed by atoms with Crippen LogP contribution in [0, 0.1) is 17.3 Å². The van der Waals surface area contributed by atoms with E-state index in [1.807, 2.05) is 6.92 Å². The molecule has 100 valence electrons. The summed E-state index contributed by atoms with van der Waals surface area (Å²) in [6.07, 6.45) is 6.10. The van der Waals surface area contributed by atoms with Gasteiger partial charge in [-0.2, -0.15) is 0 Å². The molecular weight excluding hydrogens is 214 g/mol. The molecule has 0 aromatic heterocycles. The molecule has 0 aromatic carbocycles. The first-order valence-electron chi connectivity index (χ1n) is 6.91. The van der Waals surface area contributed by atoms with Crippen molar-refractivity contribution in [2.45, 2.75) is 52.9 Å². The van der Waals surface area contributed by atoms with Crippen LogP contribution in [0.25, 0.3) is 0 Å². The summed E-state index contributed by atoms with van der Waals surface area (Å²) in [7, 11) is 0. The topological polar surface area (TPSA) is 49.3 Å². The number of hydrogen-bond acceptors (Lipinski definition) is 2. The molecule has 1 fully saturated rings. The van der Waals surface area contributed by atoms with Gasteiger partial charge in [0.2, 0.25) is 0 Å². The maximum absolute atomic E-state index is 10.9. The highest BCUT2D eigenvalue weighted by molar-refractivity contribution is 5.70. The van der Waals surface area contributed by atoms with Crippen molar-refractivity contribution in [2.75, 3.05) is 13.1 Å². The summed E-state index contributed by atoms with van der Waals surface area (Å²) < 4.78 is 0. The minimum absolute atomic E-state index is 0.241. The van der Waals surface area contributed by atoms with Crippen LogP contribution < -0.4 is 5.32 Å². The highest BCUT2D eigenvalue weighted by atomic mass is 16.4. The molecule has 1 aliphatic carbocycles. The molecule has 0 bridgehead atoms. The third-order valence-electron chi connectivity index (χ3n) is 4.27. The lowest BCUT2D eigenvalue weighted by atomic mass is 9.77. The predicted octanol–water partition coefficient (Wildman–Crippen LogP) is 2.90. The molecular formula is C14H27NO2. The number of hydrogen-bond donors (Lipinski definition) is 2. The minimum Gasteiger partial charge on any atom is -0.481 e. The van der Waals surface area contributed by atoms with E-state index in [1.165, 1.54) is 25.7 Å². The highest BCUT2D eigenvalue weighted by Gasteiger charge is 2.31. The van der Waals surface area contributed by atoms with Crippen LogP contribution in [0.3, 0.4) is 0 Å². The first-order chi connectivity index (χ1) is 7.97. The van der Waals surface area contributed by atoms with Crippen molar-refractivity contribution in [1.82, 2.24) is 5.32 Å². The largest absolute Gasteiger partial charge is 0.481 e. The van der Waals surface area contributed by atoms with Crippen LogP contribution in [0.1, 0.15) is 52.9 Å². The van der Waals surface area contributed by atoms with Gasteiger partial charge in [0.1, 0.15) is 0 Å². The summed E-state index contributed by atoms with van der Waals surface area (Å²) >= 11 is 0. The van der Waals surface area contributed by atoms with Crippen molar-refractivity contribution in [3.63, 3.8) is 0 Å². The number of carboxylic acids is 1. The van der Waals surface area contributed by atoms with Crippen molar-refractivity contribution < 1.29 is 9.90 Å². The first kappa shape index (κ1) is 14.5. The standard InChI is InChI=1S/C14H27NO2/c1-4-11(13(16)17)9-15-10-14(2,3)12-7-5-6-8-12/h11-12,15H,4-10H2,1-3H3,(H,16,17). The van der Waals surface area contributed by atoms with Gasteiger partial charge in [-0.15, -0.1) is 0 Å². The average molecular weight is 241 g/mol. The van der Waals surface area contributed by atoms with Crippen molar-refractivity contribution in [3.8, 4) is 0 Å². The number of rotatable bonds is 7. The van der Waals surface area contributed by atoms with Crippen LogP contribution in [0.4, 0.5) is 0 Å². The Bertz CT molecular complexity index is 245. The molecule has 0 aliphatic heterocycles. The van der Waals surface area contributed by atoms with Crippen molar-refractivity contribution in [1.29, 1.82) is 0 Å². The molecule has 3 heteroatoms. The smallest absolute Gasteiger partial charge is 0.307 e. The van der Waals surface area contributed by atoms with Gasteiger partial charge in [0.05, 0.1) is 5.92 Å². The molecule has 0 aromatic rings. The molecule has 1 saturated carbocycles. The van der Waals surface area contributed by atoms with E-state index in [-0.39, 0.29) is 5.92 Å². The van der Waals surface area contributed by atoms with Gasteiger partial charge in [-0.05, 0) is 30.6 Å². The molecule has 0 spiro atoms. The van der Waals surface area contributed by atoms with Gasteiger partial charge in [0, 0.05) is 13.1 Å². The Morgan fingerprint density at radius 3 is 2.47 bits per heavy atom. The summed E-state index contributed by atoms with van der Waals surface area (Å²) in [4.78, 5) is 10.9. The zero-order valence-electron chi connectivity index (χ0n) is 11.5. The third-order valence-corrected chi connectivity index (χ3v) is 4.27. The van der Waals surface area contributed by atoms with Crippen LogP contribution in [-0.2, 0) is 4.79 Å². The average Bonchev–Trinajstić information content (AvgIpc) is 2.77. The molecule has 0 amide bonds. The van der Waals surface area contributed by atoms with Crippen LogP contribution >= 0.6 is 0 Å². The Morgan fingerprint density at radius 2 is 2.00 bits per heavy atom. The molecule has 0 radical (unpaired) electrons. The molecule has 1 unspecified atom stereocenters. The van der Waals surface area contributed by atoms with Gasteiger partial charge >= 0.3 is 5.97 Å². The van der Waals surface area contributed by atoms with Crippen molar-refractivity contribution in [3.05, 3.63) is 0 Å². The summed E-state index contributed by atoms with van der Waals surface area (Å²) in [5.41, 5.74) is 0.299. The van der Waals surface area contributed by atoms with Crippen molar-refractivity contribution in [2.24, 2.45) is 17.3 Å². The number of carbonyl (C=O) groups is 1. The normalized spacial score (nSPS) is 19.5. The first-order valence-corrected chi connectivity index (χ1v) is 6.91. The lowest BCUT2D eigenvalue weighted by molar-refractivity contribution is -0.141. The van der Waals surface area contributed by atoms with E-state index in [4.69, 9.17) is 5.11 Å². The van der Waals surface area contributed by atoms with Crippen LogP contribution in [-0.4, -0.2) is 24.2 Å². The Balaban J connectivity index is 2.31. The summed E-state index contributed by atoms with van der Waals surface area (Å²) in [6.45, 7) is 8.07. The molecule has 1 aliphatic rings. The van der Waals surface area contributed by atoms with Crippen LogP contribution in [0.5, 0.6) is 0 Å². The molecule has 17 heavy (non-hydrogen) atoms. The Labute approximate surface area is 105 Å². The maximum Gasteiger partial charge on any atom is 0.307 e. The third kappa shape index (κ3) is 4.30. The molecule has 2 N–H and O–H groups in total. The molecule has 0 heterocycles. The molecule has 1 atom stereocenters. The van der Waals surface area contributed by atoms with E-state index in [0.717, 1.165) is 12.5 Å². The van der Waals surface area contributed by atoms with E-state index < -0.39 is 5.97 Å². The van der Waals surface area contributed by atoms with Gasteiger partial charge in [-0.3, -0.25) is 4.79 Å². The quantitative estimate of drug-likeness (QED) is 0.720. The molecule has 3 nitrogen and oxygen atoms in total. The van der Waals surface area contributed by atoms with Crippen LogP contribution in [0.2, 0.25) is 0 Å². The van der Waals surface area contributed by atoms with E-state index in [1.54, 1.807) is 0 Å².